The minimum Gasteiger partial charge on any atom is -0.484 e. The molecule has 8 heteroatoms. The van der Waals surface area contributed by atoms with E-state index in [-0.39, 0.29) is 17.4 Å². The highest BCUT2D eigenvalue weighted by Crippen LogP contribution is 2.15. The van der Waals surface area contributed by atoms with Crippen molar-refractivity contribution in [2.24, 2.45) is 0 Å². The van der Waals surface area contributed by atoms with Gasteiger partial charge in [0.2, 0.25) is 10.0 Å². The Morgan fingerprint density at radius 3 is 2.46 bits per heavy atom. The van der Waals surface area contributed by atoms with E-state index in [4.69, 9.17) is 9.47 Å². The van der Waals surface area contributed by atoms with Crippen LogP contribution in [0.1, 0.15) is 26.2 Å². The molecule has 0 saturated carbocycles. The van der Waals surface area contributed by atoms with Gasteiger partial charge >= 0.3 is 0 Å². The molecule has 7 nitrogen and oxygen atoms in total. The monoisotopic (exact) mass is 358 g/mol. The second-order valence-corrected chi connectivity index (χ2v) is 6.97. The van der Waals surface area contributed by atoms with Gasteiger partial charge in [0.15, 0.2) is 6.61 Å². The maximum atomic E-state index is 12.0. The highest BCUT2D eigenvalue weighted by atomic mass is 32.2. The number of amides is 1. The Morgan fingerprint density at radius 2 is 1.83 bits per heavy atom. The third kappa shape index (κ3) is 7.76. The van der Waals surface area contributed by atoms with Crippen molar-refractivity contribution in [3.05, 3.63) is 24.3 Å². The first-order valence-electron chi connectivity index (χ1n) is 7.97. The minimum absolute atomic E-state index is 0.117. The van der Waals surface area contributed by atoms with Crippen molar-refractivity contribution >= 4 is 15.9 Å². The van der Waals surface area contributed by atoms with Crippen LogP contribution in [-0.4, -0.2) is 47.7 Å². The Balaban J connectivity index is 2.43. The molecule has 0 unspecified atom stereocenters. The average molecular weight is 358 g/mol. The molecule has 1 aromatic rings. The smallest absolute Gasteiger partial charge is 0.257 e. The zero-order valence-electron chi connectivity index (χ0n) is 14.2. The maximum absolute atomic E-state index is 12.0. The molecule has 0 aromatic heterocycles. The lowest BCUT2D eigenvalue weighted by Crippen LogP contribution is -2.30. The van der Waals surface area contributed by atoms with Crippen LogP contribution in [0.25, 0.3) is 0 Å². The van der Waals surface area contributed by atoms with Crippen LogP contribution in [0, 0.1) is 0 Å². The van der Waals surface area contributed by atoms with Gasteiger partial charge in [-0.1, -0.05) is 13.3 Å². The third-order valence-electron chi connectivity index (χ3n) is 3.17. The second-order valence-electron chi connectivity index (χ2n) is 5.21. The number of rotatable bonds is 12. The van der Waals surface area contributed by atoms with Crippen LogP contribution < -0.4 is 14.8 Å². The summed E-state index contributed by atoms with van der Waals surface area (Å²) < 4.78 is 36.8. The first-order chi connectivity index (χ1) is 11.5. The van der Waals surface area contributed by atoms with Gasteiger partial charge in [0.1, 0.15) is 5.75 Å². The Morgan fingerprint density at radius 1 is 1.12 bits per heavy atom. The Kier molecular flexibility index (Phi) is 9.36. The van der Waals surface area contributed by atoms with E-state index in [1.54, 1.807) is 7.11 Å². The van der Waals surface area contributed by atoms with Gasteiger partial charge in [-0.05, 0) is 37.1 Å². The fourth-order valence-corrected chi connectivity index (χ4v) is 2.90. The number of carbonyl (C=O) groups excluding carboxylic acids is 1. The number of methoxy groups -OCH3 is 1. The SMILES string of the molecule is CCCCNS(=O)(=O)c1ccc(OCC(=O)NCCCOC)cc1. The fraction of sp³-hybridized carbons (Fsp3) is 0.562. The van der Waals surface area contributed by atoms with E-state index in [0.717, 1.165) is 19.3 Å². The summed E-state index contributed by atoms with van der Waals surface area (Å²) in [4.78, 5) is 11.7. The van der Waals surface area contributed by atoms with E-state index in [1.165, 1.54) is 24.3 Å². The van der Waals surface area contributed by atoms with Gasteiger partial charge in [0.25, 0.3) is 5.91 Å². The molecule has 0 bridgehead atoms. The average Bonchev–Trinajstić information content (AvgIpc) is 2.57. The molecule has 0 heterocycles. The van der Waals surface area contributed by atoms with Gasteiger partial charge < -0.3 is 14.8 Å². The molecule has 1 rings (SSSR count). The summed E-state index contributed by atoms with van der Waals surface area (Å²) in [5, 5.41) is 2.70. The minimum atomic E-state index is -3.49. The third-order valence-corrected chi connectivity index (χ3v) is 4.65. The van der Waals surface area contributed by atoms with Crippen molar-refractivity contribution in [2.75, 3.05) is 33.4 Å². The van der Waals surface area contributed by atoms with Crippen LogP contribution in [0.5, 0.6) is 5.75 Å². The van der Waals surface area contributed by atoms with Crippen molar-refractivity contribution < 1.29 is 22.7 Å². The summed E-state index contributed by atoms with van der Waals surface area (Å²) in [6.07, 6.45) is 2.45. The molecule has 0 fully saturated rings. The molecule has 2 N–H and O–H groups in total. The first-order valence-corrected chi connectivity index (χ1v) is 9.46. The molecule has 1 amide bonds. The number of benzene rings is 1. The number of nitrogens with one attached hydrogen (secondary N) is 2. The molecule has 24 heavy (non-hydrogen) atoms. The molecule has 0 aliphatic rings. The van der Waals surface area contributed by atoms with Crippen LogP contribution in [0.3, 0.4) is 0 Å². The zero-order chi connectivity index (χ0) is 17.8. The van der Waals surface area contributed by atoms with Crippen molar-refractivity contribution in [3.63, 3.8) is 0 Å². The van der Waals surface area contributed by atoms with Crippen molar-refractivity contribution in [1.82, 2.24) is 10.0 Å². The van der Waals surface area contributed by atoms with E-state index >= 15 is 0 Å². The zero-order valence-corrected chi connectivity index (χ0v) is 15.0. The summed E-state index contributed by atoms with van der Waals surface area (Å²) in [6.45, 7) is 3.41. The molecule has 1 aromatic carbocycles. The molecule has 0 radical (unpaired) electrons. The predicted molar refractivity (Wildman–Crippen MR) is 91.5 cm³/mol. The Hall–Kier alpha value is -1.64. The van der Waals surface area contributed by atoms with Crippen LogP contribution in [0.4, 0.5) is 0 Å². The van der Waals surface area contributed by atoms with Crippen LogP contribution in [0.15, 0.2) is 29.2 Å². The van der Waals surface area contributed by atoms with Gasteiger partial charge in [0.05, 0.1) is 4.90 Å². The normalized spacial score (nSPS) is 11.2. The summed E-state index contributed by atoms with van der Waals surface area (Å²) in [5.74, 6) is 0.207. The van der Waals surface area contributed by atoms with Gasteiger partial charge in [-0.15, -0.1) is 0 Å². The van der Waals surface area contributed by atoms with Gasteiger partial charge in [-0.3, -0.25) is 4.79 Å². The van der Waals surface area contributed by atoms with Crippen LogP contribution in [0.2, 0.25) is 0 Å². The van der Waals surface area contributed by atoms with Crippen molar-refractivity contribution in [3.8, 4) is 5.75 Å². The van der Waals surface area contributed by atoms with E-state index in [9.17, 15) is 13.2 Å². The van der Waals surface area contributed by atoms with E-state index in [2.05, 4.69) is 10.0 Å². The molecular formula is C16H26N2O5S. The number of sulfonamides is 1. The van der Waals surface area contributed by atoms with Gasteiger partial charge in [-0.25, -0.2) is 13.1 Å². The largest absolute Gasteiger partial charge is 0.484 e. The lowest BCUT2D eigenvalue weighted by Gasteiger charge is -2.09. The molecular weight excluding hydrogens is 332 g/mol. The topological polar surface area (TPSA) is 93.7 Å². The number of ether oxygens (including phenoxy) is 2. The molecule has 0 atom stereocenters. The van der Waals surface area contributed by atoms with Gasteiger partial charge in [-0.2, -0.15) is 0 Å². The lowest BCUT2D eigenvalue weighted by atomic mass is 10.3. The predicted octanol–water partition coefficient (Wildman–Crippen LogP) is 1.30. The molecule has 0 aliphatic carbocycles. The number of unbranched alkanes of at least 4 members (excludes halogenated alkanes) is 1. The number of carbonyl (C=O) groups is 1. The molecule has 136 valence electrons. The summed E-state index contributed by atoms with van der Waals surface area (Å²) in [7, 11) is -1.89. The Bertz CT molecular complexity index is 587. The number of hydrogen-bond donors (Lipinski definition) is 2. The van der Waals surface area contributed by atoms with E-state index < -0.39 is 10.0 Å². The van der Waals surface area contributed by atoms with Crippen LogP contribution >= 0.6 is 0 Å². The molecule has 0 saturated heterocycles. The molecule has 0 aliphatic heterocycles. The Labute approximate surface area is 143 Å². The van der Waals surface area contributed by atoms with E-state index in [0.29, 0.717) is 25.4 Å². The summed E-state index contributed by atoms with van der Waals surface area (Å²) in [6, 6.07) is 5.99. The fourth-order valence-electron chi connectivity index (χ4n) is 1.83. The highest BCUT2D eigenvalue weighted by molar-refractivity contribution is 7.89. The summed E-state index contributed by atoms with van der Waals surface area (Å²) >= 11 is 0. The van der Waals surface area contributed by atoms with Crippen molar-refractivity contribution in [2.45, 2.75) is 31.1 Å². The quantitative estimate of drug-likeness (QED) is 0.549. The first kappa shape index (κ1) is 20.4. The second kappa shape index (κ2) is 11.0. The van der Waals surface area contributed by atoms with Crippen molar-refractivity contribution in [1.29, 1.82) is 0 Å². The lowest BCUT2D eigenvalue weighted by molar-refractivity contribution is -0.123. The number of hydrogen-bond acceptors (Lipinski definition) is 5. The standard InChI is InChI=1S/C16H26N2O5S/c1-3-4-11-18-24(20,21)15-8-6-14(7-9-15)23-13-16(19)17-10-5-12-22-2/h6-9,18H,3-5,10-13H2,1-2H3,(H,17,19). The van der Waals surface area contributed by atoms with Gasteiger partial charge in [0, 0.05) is 26.8 Å². The maximum Gasteiger partial charge on any atom is 0.257 e. The summed E-state index contributed by atoms with van der Waals surface area (Å²) in [5.41, 5.74) is 0. The van der Waals surface area contributed by atoms with Crippen LogP contribution in [-0.2, 0) is 19.6 Å². The van der Waals surface area contributed by atoms with E-state index in [1.807, 2.05) is 6.92 Å². The molecule has 0 spiro atoms. The highest BCUT2D eigenvalue weighted by Gasteiger charge is 2.13.